The van der Waals surface area contributed by atoms with Gasteiger partial charge in [-0.25, -0.2) is 4.99 Å². The molecule has 53 heavy (non-hydrogen) atoms. The smallest absolute Gasteiger partial charge is 0.0712 e. The van der Waals surface area contributed by atoms with E-state index in [9.17, 15) is 0 Å². The van der Waals surface area contributed by atoms with Gasteiger partial charge in [-0.3, -0.25) is 0 Å². The van der Waals surface area contributed by atoms with Crippen molar-refractivity contribution in [3.05, 3.63) is 205 Å². The molecule has 0 saturated carbocycles. The van der Waals surface area contributed by atoms with Crippen LogP contribution in [0.5, 0.6) is 0 Å². The molecule has 9 aromatic rings. The number of fused-ring (bicyclic) bond motifs is 6. The summed E-state index contributed by atoms with van der Waals surface area (Å²) in [6.45, 7) is 4.38. The summed E-state index contributed by atoms with van der Waals surface area (Å²) in [6, 6.07) is 63.0. The third-order valence-electron chi connectivity index (χ3n) is 10.2. The van der Waals surface area contributed by atoms with Crippen molar-refractivity contribution < 1.29 is 0 Å². The van der Waals surface area contributed by atoms with Crippen molar-refractivity contribution >= 4 is 60.6 Å². The van der Waals surface area contributed by atoms with Crippen LogP contribution in [0, 0.1) is 0 Å². The molecular weight excluding hydrogens is 643 g/mol. The predicted octanol–water partition coefficient (Wildman–Crippen LogP) is 13.2. The molecule has 0 aliphatic rings. The highest BCUT2D eigenvalue weighted by molar-refractivity contribution is 6.14. The molecule has 3 heteroatoms. The summed E-state index contributed by atoms with van der Waals surface area (Å²) >= 11 is 0. The minimum absolute atomic E-state index is 0.890. The number of aliphatic imine (C=N–C) groups is 1. The quantitative estimate of drug-likeness (QED) is 0.142. The highest BCUT2D eigenvalue weighted by Crippen LogP contribution is 2.37. The molecule has 2 aromatic heterocycles. The van der Waals surface area contributed by atoms with Gasteiger partial charge in [0.1, 0.15) is 0 Å². The van der Waals surface area contributed by atoms with E-state index in [1.54, 1.807) is 0 Å². The molecule has 0 saturated heterocycles. The second kappa shape index (κ2) is 13.8. The molecule has 0 N–H and O–H groups in total. The molecule has 0 atom stereocenters. The molecule has 9 rings (SSSR count). The Morgan fingerprint density at radius 1 is 0.472 bits per heavy atom. The van der Waals surface area contributed by atoms with Gasteiger partial charge in [-0.15, -0.1) is 0 Å². The van der Waals surface area contributed by atoms with Crippen LogP contribution in [-0.2, 0) is 0 Å². The van der Waals surface area contributed by atoms with E-state index in [-0.39, 0.29) is 0 Å². The zero-order valence-corrected chi connectivity index (χ0v) is 29.9. The maximum absolute atomic E-state index is 5.37. The molecule has 0 unspecified atom stereocenters. The third-order valence-corrected chi connectivity index (χ3v) is 10.2. The van der Waals surface area contributed by atoms with Gasteiger partial charge < -0.3 is 9.13 Å². The van der Waals surface area contributed by atoms with Crippen LogP contribution in [0.3, 0.4) is 0 Å². The zero-order valence-electron chi connectivity index (χ0n) is 29.9. The lowest BCUT2D eigenvalue weighted by Gasteiger charge is -2.16. The topological polar surface area (TPSA) is 22.2 Å². The Morgan fingerprint density at radius 3 is 1.30 bits per heavy atom. The van der Waals surface area contributed by atoms with Gasteiger partial charge >= 0.3 is 0 Å². The molecule has 0 bridgehead atoms. The maximum atomic E-state index is 5.37. The monoisotopic (exact) mass is 681 g/mol. The number of para-hydroxylation sites is 4. The number of hydrogen-bond donors (Lipinski definition) is 0. The van der Waals surface area contributed by atoms with Gasteiger partial charge in [0.15, 0.2) is 0 Å². The van der Waals surface area contributed by atoms with E-state index in [1.165, 1.54) is 43.6 Å². The summed E-state index contributed by atoms with van der Waals surface area (Å²) in [5.41, 5.74) is 13.3. The first-order valence-electron chi connectivity index (χ1n) is 18.4. The number of rotatable bonds is 8. The van der Waals surface area contributed by atoms with Crippen LogP contribution in [-0.4, -0.2) is 14.8 Å². The number of nitrogens with zero attached hydrogens (tertiary/aromatic N) is 3. The van der Waals surface area contributed by atoms with E-state index in [2.05, 4.69) is 211 Å². The van der Waals surface area contributed by atoms with Gasteiger partial charge in [0.2, 0.25) is 0 Å². The van der Waals surface area contributed by atoms with E-state index in [0.29, 0.717) is 0 Å². The summed E-state index contributed by atoms with van der Waals surface area (Å²) < 4.78 is 4.84. The van der Waals surface area contributed by atoms with Crippen LogP contribution < -0.4 is 0 Å². The Balaban J connectivity index is 1.32. The molecule has 0 radical (unpaired) electrons. The van der Waals surface area contributed by atoms with Crippen molar-refractivity contribution in [1.82, 2.24) is 9.13 Å². The fourth-order valence-corrected chi connectivity index (χ4v) is 7.72. The zero-order chi connectivity index (χ0) is 35.7. The van der Waals surface area contributed by atoms with Crippen LogP contribution >= 0.6 is 0 Å². The first-order valence-corrected chi connectivity index (χ1v) is 18.4. The molecule has 0 aliphatic carbocycles. The average Bonchev–Trinajstić information content (AvgIpc) is 3.74. The molecule has 7 aromatic carbocycles. The Bertz CT molecular complexity index is 2630. The Kier molecular flexibility index (Phi) is 8.38. The summed E-state index contributed by atoms with van der Waals surface area (Å²) in [5, 5.41) is 4.98. The van der Waals surface area contributed by atoms with Gasteiger partial charge in [0.05, 0.1) is 33.5 Å². The third kappa shape index (κ3) is 5.87. The van der Waals surface area contributed by atoms with Crippen LogP contribution in [0.1, 0.15) is 37.0 Å². The number of allylic oxidation sites excluding steroid dienone is 3. The van der Waals surface area contributed by atoms with Crippen molar-refractivity contribution in [1.29, 1.82) is 0 Å². The van der Waals surface area contributed by atoms with Crippen molar-refractivity contribution in [2.24, 2.45) is 4.99 Å². The molecule has 2 heterocycles. The first-order chi connectivity index (χ1) is 26.2. The number of hydrogen-bond acceptors (Lipinski definition) is 1. The lowest BCUT2D eigenvalue weighted by Crippen LogP contribution is -2.02. The molecule has 0 fully saturated rings. The van der Waals surface area contributed by atoms with Crippen LogP contribution in [0.4, 0.5) is 0 Å². The van der Waals surface area contributed by atoms with Gasteiger partial charge in [0, 0.05) is 38.5 Å². The Morgan fingerprint density at radius 2 is 0.868 bits per heavy atom. The molecule has 0 amide bonds. The minimum atomic E-state index is 0.890. The van der Waals surface area contributed by atoms with Crippen LogP contribution in [0.25, 0.3) is 66.3 Å². The molecular formula is C50H39N3. The normalized spacial score (nSPS) is 12.8. The van der Waals surface area contributed by atoms with E-state index in [4.69, 9.17) is 4.99 Å². The van der Waals surface area contributed by atoms with Crippen LogP contribution in [0.2, 0.25) is 0 Å². The van der Waals surface area contributed by atoms with Crippen molar-refractivity contribution in [2.75, 3.05) is 0 Å². The SMILES string of the molecule is CC/C=C(/N=C(/C=C(\C)c1cc(-n2c3ccccc3c3ccccc32)cc(-n2c3ccccc3c3ccccc32)c1)c1ccccc1)c1ccccc1. The van der Waals surface area contributed by atoms with Crippen molar-refractivity contribution in [2.45, 2.75) is 20.3 Å². The van der Waals surface area contributed by atoms with Gasteiger partial charge in [-0.2, -0.15) is 0 Å². The van der Waals surface area contributed by atoms with E-state index in [1.807, 2.05) is 0 Å². The lowest BCUT2D eigenvalue weighted by molar-refractivity contribution is 1.13. The summed E-state index contributed by atoms with van der Waals surface area (Å²) in [7, 11) is 0. The van der Waals surface area contributed by atoms with E-state index >= 15 is 0 Å². The van der Waals surface area contributed by atoms with E-state index in [0.717, 1.165) is 51.5 Å². The minimum Gasteiger partial charge on any atom is -0.309 e. The van der Waals surface area contributed by atoms with E-state index < -0.39 is 0 Å². The van der Waals surface area contributed by atoms with Crippen molar-refractivity contribution in [3.8, 4) is 11.4 Å². The summed E-state index contributed by atoms with van der Waals surface area (Å²) in [4.78, 5) is 5.37. The maximum Gasteiger partial charge on any atom is 0.0712 e. The molecule has 0 aliphatic heterocycles. The summed E-state index contributed by atoms with van der Waals surface area (Å²) in [5.74, 6) is 0. The number of aromatic nitrogens is 2. The van der Waals surface area contributed by atoms with Crippen LogP contribution in [0.15, 0.2) is 193 Å². The van der Waals surface area contributed by atoms with Gasteiger partial charge in [-0.05, 0) is 78.6 Å². The highest BCUT2D eigenvalue weighted by atomic mass is 15.0. The fraction of sp³-hybridized carbons (Fsp3) is 0.0600. The summed E-state index contributed by atoms with van der Waals surface area (Å²) in [6.07, 6.45) is 5.36. The van der Waals surface area contributed by atoms with Gasteiger partial charge in [-0.1, -0.05) is 146 Å². The molecule has 0 spiro atoms. The highest BCUT2D eigenvalue weighted by Gasteiger charge is 2.17. The van der Waals surface area contributed by atoms with Crippen molar-refractivity contribution in [3.63, 3.8) is 0 Å². The average molecular weight is 682 g/mol. The standard InChI is InChI=1S/C50H39N3/c1-3-18-45(36-19-6-4-7-20-36)51-46(37-21-8-5-9-22-37)31-35(2)38-32-39(52-47-27-14-10-23-41(47)42-24-11-15-28-48(42)52)34-40(33-38)53-49-29-16-12-25-43(49)44-26-13-17-30-50(44)53/h4-34H,3H2,1-2H3/b35-31+,45-18+,51-46-. The van der Waals surface area contributed by atoms with Gasteiger partial charge in [0.25, 0.3) is 0 Å². The molecule has 254 valence electrons. The predicted molar refractivity (Wildman–Crippen MR) is 226 cm³/mol. The first kappa shape index (κ1) is 32.2. The fourth-order valence-electron chi connectivity index (χ4n) is 7.72. The second-order valence-electron chi connectivity index (χ2n) is 13.5. The lowest BCUT2D eigenvalue weighted by atomic mass is 10.0. The number of benzene rings is 7. The Labute approximate surface area is 310 Å². The second-order valence-corrected chi connectivity index (χ2v) is 13.5. The molecule has 3 nitrogen and oxygen atoms in total. The Hall–Kier alpha value is -6.71. The largest absolute Gasteiger partial charge is 0.309 e.